The maximum Gasteiger partial charge on any atom is 0.224 e. The van der Waals surface area contributed by atoms with Gasteiger partial charge in [-0.05, 0) is 24.3 Å². The Morgan fingerprint density at radius 3 is 1.88 bits per heavy atom. The van der Waals surface area contributed by atoms with Crippen LogP contribution in [0.25, 0.3) is 0 Å². The Morgan fingerprint density at radius 1 is 0.824 bits per heavy atom. The highest BCUT2D eigenvalue weighted by Gasteiger charge is 2.16. The fraction of sp³-hybridized carbons (Fsp3) is 1.00. The highest BCUT2D eigenvalue weighted by Crippen LogP contribution is 2.30. The van der Waals surface area contributed by atoms with E-state index in [1.807, 2.05) is 0 Å². The predicted octanol–water partition coefficient (Wildman–Crippen LogP) is 4.96. The smallest absolute Gasteiger partial charge is 0.224 e. The average Bonchev–Trinajstić information content (AvgIpc) is 2.29. The van der Waals surface area contributed by atoms with E-state index in [0.717, 1.165) is 6.04 Å². The maximum absolute atomic E-state index is 8.72. The molecule has 0 spiro atoms. The molecule has 2 heteroatoms. The van der Waals surface area contributed by atoms with Gasteiger partial charge >= 0.3 is 0 Å². The Labute approximate surface area is 111 Å². The van der Waals surface area contributed by atoms with E-state index < -0.39 is 0 Å². The number of hydrogen-bond acceptors (Lipinski definition) is 1. The van der Waals surface area contributed by atoms with Crippen LogP contribution in [-0.2, 0) is 0 Å². The minimum Gasteiger partial charge on any atom is -0.432 e. The molecule has 0 amide bonds. The quantitative estimate of drug-likeness (QED) is 0.386. The van der Waals surface area contributed by atoms with E-state index in [-0.39, 0.29) is 9.76 Å². The molecule has 0 aliphatic heterocycles. The van der Waals surface area contributed by atoms with Gasteiger partial charge < -0.3 is 4.80 Å². The van der Waals surface area contributed by atoms with Crippen LogP contribution in [0.5, 0.6) is 0 Å². The molecule has 1 nitrogen and oxygen atoms in total. The summed E-state index contributed by atoms with van der Waals surface area (Å²) in [4.78, 5) is 8.72. The molecular formula is C15H32OSi. The van der Waals surface area contributed by atoms with Crippen molar-refractivity contribution in [3.05, 3.63) is 0 Å². The number of unbranched alkanes of at least 4 members (excludes halogenated alkanes) is 6. The van der Waals surface area contributed by atoms with Crippen molar-refractivity contribution in [1.29, 1.82) is 0 Å². The van der Waals surface area contributed by atoms with E-state index in [0.29, 0.717) is 5.41 Å². The molecule has 2 radical (unpaired) electrons. The molecule has 1 N–H and O–H groups in total. The van der Waals surface area contributed by atoms with Crippen LogP contribution in [0.4, 0.5) is 0 Å². The Bertz CT molecular complexity index is 157. The second-order valence-electron chi connectivity index (χ2n) is 6.05. The Kier molecular flexibility index (Phi) is 11.4. The zero-order valence-corrected chi connectivity index (χ0v) is 13.2. The molecule has 0 aromatic rings. The minimum atomic E-state index is 0.158. The van der Waals surface area contributed by atoms with Crippen molar-refractivity contribution in [2.75, 3.05) is 0 Å². The van der Waals surface area contributed by atoms with Crippen LogP contribution in [0.3, 0.4) is 0 Å². The molecule has 102 valence electrons. The van der Waals surface area contributed by atoms with Gasteiger partial charge in [0.1, 0.15) is 0 Å². The molecule has 17 heavy (non-hydrogen) atoms. The van der Waals surface area contributed by atoms with Crippen LogP contribution in [0.1, 0.15) is 85.0 Å². The van der Waals surface area contributed by atoms with Crippen molar-refractivity contribution in [3.63, 3.8) is 0 Å². The van der Waals surface area contributed by atoms with Crippen molar-refractivity contribution < 1.29 is 4.80 Å². The first-order valence-corrected chi connectivity index (χ1v) is 8.65. The van der Waals surface area contributed by atoms with Crippen molar-refractivity contribution in [2.45, 2.75) is 91.0 Å². The molecule has 0 saturated heterocycles. The summed E-state index contributed by atoms with van der Waals surface area (Å²) in [7, 11) is 0.158. The summed E-state index contributed by atoms with van der Waals surface area (Å²) in [6, 6.07) is 1.01. The fourth-order valence-electron chi connectivity index (χ4n) is 2.32. The van der Waals surface area contributed by atoms with Gasteiger partial charge in [0, 0.05) is 0 Å². The average molecular weight is 257 g/mol. The Hall–Kier alpha value is 0.177. The number of hydrogen-bond donors (Lipinski definition) is 1. The van der Waals surface area contributed by atoms with Gasteiger partial charge in [-0.15, -0.1) is 0 Å². The van der Waals surface area contributed by atoms with Crippen LogP contribution < -0.4 is 0 Å². The zero-order chi connectivity index (χ0) is 13.0. The summed E-state index contributed by atoms with van der Waals surface area (Å²) >= 11 is 0. The first kappa shape index (κ1) is 17.2. The van der Waals surface area contributed by atoms with Crippen LogP contribution in [0, 0.1) is 5.41 Å². The van der Waals surface area contributed by atoms with E-state index in [1.54, 1.807) is 0 Å². The molecule has 0 aromatic heterocycles. The lowest BCUT2D eigenvalue weighted by Gasteiger charge is -2.24. The van der Waals surface area contributed by atoms with E-state index >= 15 is 0 Å². The summed E-state index contributed by atoms with van der Waals surface area (Å²) in [5.41, 5.74) is 0.548. The normalized spacial score (nSPS) is 12.0. The third-order valence-corrected chi connectivity index (χ3v) is 4.18. The molecule has 0 aromatic carbocycles. The Balaban J connectivity index is 3.37. The van der Waals surface area contributed by atoms with Gasteiger partial charge in [0.25, 0.3) is 0 Å². The van der Waals surface area contributed by atoms with E-state index in [1.165, 1.54) is 64.2 Å². The molecule has 0 saturated carbocycles. The monoisotopic (exact) mass is 256 g/mol. The first-order valence-electron chi connectivity index (χ1n) is 7.49. The van der Waals surface area contributed by atoms with Crippen LogP contribution in [0.15, 0.2) is 0 Å². The summed E-state index contributed by atoms with van der Waals surface area (Å²) in [5, 5.41) is 0. The summed E-state index contributed by atoms with van der Waals surface area (Å²) < 4.78 is 0. The summed E-state index contributed by atoms with van der Waals surface area (Å²) in [6.45, 7) is 7.13. The molecule has 0 bridgehead atoms. The third kappa shape index (κ3) is 12.4. The van der Waals surface area contributed by atoms with Crippen molar-refractivity contribution >= 4 is 9.76 Å². The van der Waals surface area contributed by atoms with Gasteiger partial charge in [0.2, 0.25) is 9.76 Å². The highest BCUT2D eigenvalue weighted by molar-refractivity contribution is 6.25. The molecular weight excluding hydrogens is 224 g/mol. The SMILES string of the molecule is CCCCCCC(C)(C)CCCCCC[Si]O. The lowest BCUT2D eigenvalue weighted by Crippen LogP contribution is -2.11. The molecule has 0 aliphatic carbocycles. The topological polar surface area (TPSA) is 20.2 Å². The number of rotatable bonds is 12. The molecule has 0 aliphatic rings. The zero-order valence-electron chi connectivity index (χ0n) is 12.2. The predicted molar refractivity (Wildman–Crippen MR) is 78.4 cm³/mol. The largest absolute Gasteiger partial charge is 0.432 e. The van der Waals surface area contributed by atoms with Crippen molar-refractivity contribution in [1.82, 2.24) is 0 Å². The van der Waals surface area contributed by atoms with E-state index in [4.69, 9.17) is 4.80 Å². The molecule has 0 unspecified atom stereocenters. The van der Waals surface area contributed by atoms with Gasteiger partial charge in [-0.2, -0.15) is 0 Å². The minimum absolute atomic E-state index is 0.158. The van der Waals surface area contributed by atoms with Gasteiger partial charge in [-0.25, -0.2) is 0 Å². The van der Waals surface area contributed by atoms with E-state index in [9.17, 15) is 0 Å². The summed E-state index contributed by atoms with van der Waals surface area (Å²) in [5.74, 6) is 0. The first-order chi connectivity index (χ1) is 8.12. The second kappa shape index (κ2) is 11.3. The standard InChI is InChI=1S/C15H32OSi/c1-4-5-6-9-12-15(2,3)13-10-7-8-11-14-17-16/h16H,4-14H2,1-3H3. The lowest BCUT2D eigenvalue weighted by molar-refractivity contribution is 0.283. The fourth-order valence-corrected chi connectivity index (χ4v) is 2.72. The maximum atomic E-state index is 8.72. The van der Waals surface area contributed by atoms with E-state index in [2.05, 4.69) is 20.8 Å². The van der Waals surface area contributed by atoms with Crippen molar-refractivity contribution in [3.8, 4) is 0 Å². The van der Waals surface area contributed by atoms with Crippen molar-refractivity contribution in [2.24, 2.45) is 5.41 Å². The van der Waals surface area contributed by atoms with Gasteiger partial charge in [-0.1, -0.05) is 72.1 Å². The molecule has 0 heterocycles. The van der Waals surface area contributed by atoms with Crippen LogP contribution >= 0.6 is 0 Å². The second-order valence-corrected chi connectivity index (χ2v) is 6.86. The lowest BCUT2D eigenvalue weighted by atomic mass is 9.82. The third-order valence-electron chi connectivity index (χ3n) is 3.60. The van der Waals surface area contributed by atoms with Gasteiger partial charge in [-0.3, -0.25) is 0 Å². The van der Waals surface area contributed by atoms with Crippen LogP contribution in [-0.4, -0.2) is 14.6 Å². The summed E-state index contributed by atoms with van der Waals surface area (Å²) in [6.07, 6.45) is 13.6. The molecule has 0 atom stereocenters. The molecule has 0 fully saturated rings. The van der Waals surface area contributed by atoms with Crippen LogP contribution in [0.2, 0.25) is 6.04 Å². The Morgan fingerprint density at radius 2 is 1.35 bits per heavy atom. The highest BCUT2D eigenvalue weighted by atomic mass is 28.2. The van der Waals surface area contributed by atoms with Gasteiger partial charge in [0.15, 0.2) is 0 Å². The van der Waals surface area contributed by atoms with Gasteiger partial charge in [0.05, 0.1) is 0 Å². The molecule has 0 rings (SSSR count).